The van der Waals surface area contributed by atoms with Gasteiger partial charge in [0.1, 0.15) is 6.20 Å². The Balaban J connectivity index is 2.67. The number of hydrogen-bond acceptors (Lipinski definition) is 6. The fraction of sp³-hybridized carbons (Fsp3) is 0.429. The van der Waals surface area contributed by atoms with Crippen LogP contribution in [0.4, 0.5) is 10.1 Å². The number of hydrogen-bond donors (Lipinski definition) is 0. The van der Waals surface area contributed by atoms with Crippen molar-refractivity contribution in [3.05, 3.63) is 16.3 Å². The van der Waals surface area contributed by atoms with Gasteiger partial charge in [-0.05, 0) is 11.3 Å². The van der Waals surface area contributed by atoms with Crippen molar-refractivity contribution >= 4 is 21.5 Å². The minimum Gasteiger partial charge on any atom is -0.350 e. The second kappa shape index (κ2) is 4.53. The molecule has 1 aromatic heterocycles. The number of thiazole rings is 1. The Morgan fingerprint density at radius 2 is 2.57 bits per heavy atom. The molecular weight excluding hydrogens is 204 g/mol. The summed E-state index contributed by atoms with van der Waals surface area (Å²) in [5, 5.41) is 19.3. The maximum Gasteiger partial charge on any atom is 0.345 e. The van der Waals surface area contributed by atoms with Crippen molar-refractivity contribution in [2.24, 2.45) is 0 Å². The van der Waals surface area contributed by atoms with Crippen LogP contribution in [0.5, 0.6) is 0 Å². The molecule has 14 heavy (non-hydrogen) atoms. The van der Waals surface area contributed by atoms with Crippen LogP contribution < -0.4 is 4.90 Å². The zero-order valence-corrected chi connectivity index (χ0v) is 8.32. The molecule has 0 saturated carbocycles. The molecule has 0 aliphatic heterocycles. The Morgan fingerprint density at radius 1 is 1.86 bits per heavy atom. The Labute approximate surface area is 84.6 Å². The van der Waals surface area contributed by atoms with Gasteiger partial charge in [0.15, 0.2) is 5.13 Å². The first-order valence-electron chi connectivity index (χ1n) is 3.83. The highest BCUT2D eigenvalue weighted by Crippen LogP contribution is 2.27. The van der Waals surface area contributed by atoms with Crippen molar-refractivity contribution in [3.63, 3.8) is 0 Å². The van der Waals surface area contributed by atoms with Gasteiger partial charge >= 0.3 is 5.00 Å². The maximum absolute atomic E-state index is 10.4. The molecule has 0 radical (unpaired) electrons. The van der Waals surface area contributed by atoms with Gasteiger partial charge in [0.25, 0.3) is 0 Å². The first-order chi connectivity index (χ1) is 6.65. The first-order valence-corrected chi connectivity index (χ1v) is 4.65. The smallest absolute Gasteiger partial charge is 0.345 e. The van der Waals surface area contributed by atoms with Gasteiger partial charge < -0.3 is 4.90 Å². The highest BCUT2D eigenvalue weighted by molar-refractivity contribution is 7.18. The van der Waals surface area contributed by atoms with E-state index in [-0.39, 0.29) is 5.00 Å². The van der Waals surface area contributed by atoms with Gasteiger partial charge in [-0.15, -0.1) is 0 Å². The van der Waals surface area contributed by atoms with Gasteiger partial charge in [0.2, 0.25) is 0 Å². The average Bonchev–Trinajstić information content (AvgIpc) is 2.62. The molecule has 1 aromatic rings. The van der Waals surface area contributed by atoms with Crippen LogP contribution in [0.1, 0.15) is 6.42 Å². The summed E-state index contributed by atoms with van der Waals surface area (Å²) < 4.78 is 0. The van der Waals surface area contributed by atoms with E-state index >= 15 is 0 Å². The predicted octanol–water partition coefficient (Wildman–Crippen LogP) is 1.40. The van der Waals surface area contributed by atoms with E-state index in [0.717, 1.165) is 11.3 Å². The van der Waals surface area contributed by atoms with Crippen molar-refractivity contribution in [1.29, 1.82) is 5.26 Å². The molecule has 0 atom stereocenters. The zero-order valence-electron chi connectivity index (χ0n) is 7.51. The molecule has 0 aliphatic carbocycles. The van der Waals surface area contributed by atoms with E-state index in [1.165, 1.54) is 6.20 Å². The van der Waals surface area contributed by atoms with Crippen LogP contribution in [0.25, 0.3) is 0 Å². The molecule has 1 heterocycles. The third kappa shape index (κ3) is 2.40. The van der Waals surface area contributed by atoms with Crippen LogP contribution in [-0.2, 0) is 0 Å². The minimum absolute atomic E-state index is 0.0174. The summed E-state index contributed by atoms with van der Waals surface area (Å²) in [5.74, 6) is 0. The number of aromatic nitrogens is 1. The quantitative estimate of drug-likeness (QED) is 0.556. The summed E-state index contributed by atoms with van der Waals surface area (Å²) >= 11 is 1.01. The van der Waals surface area contributed by atoms with Crippen LogP contribution >= 0.6 is 11.3 Å². The predicted molar refractivity (Wildman–Crippen MR) is 52.3 cm³/mol. The topological polar surface area (TPSA) is 83.1 Å². The second-order valence-corrected chi connectivity index (χ2v) is 3.56. The van der Waals surface area contributed by atoms with Crippen LogP contribution in [-0.4, -0.2) is 23.5 Å². The molecule has 0 spiro atoms. The summed E-state index contributed by atoms with van der Waals surface area (Å²) in [7, 11) is 1.75. The van der Waals surface area contributed by atoms with E-state index in [1.54, 1.807) is 11.9 Å². The number of nitrogens with zero attached hydrogens (tertiary/aromatic N) is 4. The third-order valence-corrected chi connectivity index (χ3v) is 2.61. The van der Waals surface area contributed by atoms with Gasteiger partial charge in [0, 0.05) is 13.6 Å². The van der Waals surface area contributed by atoms with E-state index in [9.17, 15) is 10.1 Å². The second-order valence-electron chi connectivity index (χ2n) is 2.57. The molecule has 0 unspecified atom stereocenters. The lowest BCUT2D eigenvalue weighted by molar-refractivity contribution is -0.380. The summed E-state index contributed by atoms with van der Waals surface area (Å²) in [6.45, 7) is 0.529. The first kappa shape index (κ1) is 10.4. The Kier molecular flexibility index (Phi) is 3.36. The van der Waals surface area contributed by atoms with Crippen LogP contribution in [0.3, 0.4) is 0 Å². The highest BCUT2D eigenvalue weighted by atomic mass is 32.1. The van der Waals surface area contributed by atoms with Crippen molar-refractivity contribution in [2.75, 3.05) is 18.5 Å². The Hall–Kier alpha value is -1.68. The summed E-state index contributed by atoms with van der Waals surface area (Å²) in [6, 6.07) is 2.00. The number of nitriles is 1. The van der Waals surface area contributed by atoms with Crippen LogP contribution in [0.15, 0.2) is 6.20 Å². The van der Waals surface area contributed by atoms with E-state index < -0.39 is 4.92 Å². The highest BCUT2D eigenvalue weighted by Gasteiger charge is 2.13. The van der Waals surface area contributed by atoms with Crippen molar-refractivity contribution in [1.82, 2.24) is 4.98 Å². The lowest BCUT2D eigenvalue weighted by atomic mass is 10.4. The fourth-order valence-corrected chi connectivity index (χ4v) is 1.55. The molecule has 0 N–H and O–H groups in total. The van der Waals surface area contributed by atoms with Crippen LogP contribution in [0.2, 0.25) is 0 Å². The van der Waals surface area contributed by atoms with Crippen molar-refractivity contribution in [2.45, 2.75) is 6.42 Å². The molecule has 0 amide bonds. The summed E-state index contributed by atoms with van der Waals surface area (Å²) in [5.41, 5.74) is 0. The van der Waals surface area contributed by atoms with Gasteiger partial charge in [-0.25, -0.2) is 4.98 Å². The van der Waals surface area contributed by atoms with Crippen molar-refractivity contribution < 1.29 is 4.92 Å². The molecule has 0 aromatic carbocycles. The maximum atomic E-state index is 10.4. The molecule has 0 bridgehead atoms. The molecule has 0 aliphatic rings. The molecule has 74 valence electrons. The number of rotatable bonds is 4. The summed E-state index contributed by atoms with van der Waals surface area (Å²) in [6.07, 6.45) is 1.60. The molecule has 1 rings (SSSR count). The van der Waals surface area contributed by atoms with Gasteiger partial charge in [-0.2, -0.15) is 5.26 Å². The third-order valence-electron chi connectivity index (χ3n) is 1.55. The van der Waals surface area contributed by atoms with E-state index in [2.05, 4.69) is 4.98 Å². The monoisotopic (exact) mass is 212 g/mol. The molecule has 7 heteroatoms. The summed E-state index contributed by atoms with van der Waals surface area (Å²) in [4.78, 5) is 15.5. The lowest BCUT2D eigenvalue weighted by Gasteiger charge is -2.11. The van der Waals surface area contributed by atoms with Gasteiger partial charge in [-0.3, -0.25) is 10.1 Å². The van der Waals surface area contributed by atoms with Crippen LogP contribution in [0, 0.1) is 21.4 Å². The van der Waals surface area contributed by atoms with Crippen molar-refractivity contribution in [3.8, 4) is 6.07 Å². The normalized spacial score (nSPS) is 9.43. The van der Waals surface area contributed by atoms with E-state index in [1.807, 2.05) is 6.07 Å². The average molecular weight is 212 g/mol. The molecule has 0 fully saturated rings. The molecular formula is C7H8N4O2S. The molecule has 0 saturated heterocycles. The van der Waals surface area contributed by atoms with Gasteiger partial charge in [0.05, 0.1) is 17.4 Å². The number of nitro groups is 1. The Morgan fingerprint density at radius 3 is 3.07 bits per heavy atom. The van der Waals surface area contributed by atoms with Gasteiger partial charge in [-0.1, -0.05) is 0 Å². The zero-order chi connectivity index (χ0) is 10.6. The van der Waals surface area contributed by atoms with E-state index in [0.29, 0.717) is 18.1 Å². The largest absolute Gasteiger partial charge is 0.350 e. The Bertz CT molecular complexity index is 370. The molecule has 6 nitrogen and oxygen atoms in total. The van der Waals surface area contributed by atoms with E-state index in [4.69, 9.17) is 5.26 Å². The SMILES string of the molecule is CN(CCC#N)c1ncc([N+](=O)[O-])s1. The lowest BCUT2D eigenvalue weighted by Crippen LogP contribution is -2.17. The minimum atomic E-state index is -0.473. The standard InChI is InChI=1S/C7H8N4O2S/c1-10(4-2-3-8)7-9-5-6(14-7)11(12)13/h5H,2,4H2,1H3. The number of anilines is 1. The fourth-order valence-electron chi connectivity index (χ4n) is 0.831.